The highest BCUT2D eigenvalue weighted by Gasteiger charge is 2.25. The van der Waals surface area contributed by atoms with Crippen molar-refractivity contribution in [1.82, 2.24) is 19.4 Å². The van der Waals surface area contributed by atoms with E-state index >= 15 is 0 Å². The molecule has 0 fully saturated rings. The number of hydrogen-bond acceptors (Lipinski definition) is 7. The molecule has 1 aliphatic rings. The maximum absolute atomic E-state index is 11.9. The summed E-state index contributed by atoms with van der Waals surface area (Å²) in [5, 5.41) is 23.1. The molecule has 0 saturated heterocycles. The number of carbonyl (C=O) groups excluding carboxylic acids is 1. The minimum atomic E-state index is -1.52. The van der Waals surface area contributed by atoms with Gasteiger partial charge >= 0.3 is 7.12 Å². The molecule has 0 unspecified atom stereocenters. The summed E-state index contributed by atoms with van der Waals surface area (Å²) in [5.74, 6) is 0.772. The van der Waals surface area contributed by atoms with Gasteiger partial charge in [-0.3, -0.25) is 14.3 Å². The minimum Gasteiger partial charge on any atom is -0.423 e. The lowest BCUT2D eigenvalue weighted by Gasteiger charge is -2.14. The van der Waals surface area contributed by atoms with Gasteiger partial charge < -0.3 is 21.1 Å². The van der Waals surface area contributed by atoms with E-state index in [9.17, 15) is 14.8 Å². The number of aryl methyl sites for hydroxylation is 1. The predicted molar refractivity (Wildman–Crippen MR) is 131 cm³/mol. The van der Waals surface area contributed by atoms with Crippen molar-refractivity contribution >= 4 is 35.2 Å². The van der Waals surface area contributed by atoms with Gasteiger partial charge in [-0.25, -0.2) is 4.98 Å². The Balaban J connectivity index is 1.57. The molecule has 172 valence electrons. The Hall–Kier alpha value is -3.73. The fourth-order valence-electron chi connectivity index (χ4n) is 4.53. The summed E-state index contributed by atoms with van der Waals surface area (Å²) in [5.41, 5.74) is 11.1. The highest BCUT2D eigenvalue weighted by Crippen LogP contribution is 2.30. The SMILES string of the molecule is Cc1cc2c(C(N)=O)cccc2n1-c1nc2c(c(NCc3cccc(B(O)O)c3)n1)CN(C)C2. The average Bonchev–Trinajstić information content (AvgIpc) is 3.35. The molecule has 2 aromatic carbocycles. The van der Waals surface area contributed by atoms with Crippen LogP contribution >= 0.6 is 0 Å². The molecule has 5 N–H and O–H groups in total. The maximum atomic E-state index is 11.9. The lowest BCUT2D eigenvalue weighted by Crippen LogP contribution is -2.30. The summed E-state index contributed by atoms with van der Waals surface area (Å²) < 4.78 is 1.94. The lowest BCUT2D eigenvalue weighted by molar-refractivity contribution is 0.100. The number of rotatable bonds is 6. The molecule has 1 aliphatic heterocycles. The second-order valence-electron chi connectivity index (χ2n) is 8.67. The Morgan fingerprint density at radius 2 is 1.94 bits per heavy atom. The number of aromatic nitrogens is 3. The van der Waals surface area contributed by atoms with Crippen molar-refractivity contribution < 1.29 is 14.8 Å². The summed E-state index contributed by atoms with van der Waals surface area (Å²) >= 11 is 0. The average molecular weight is 456 g/mol. The van der Waals surface area contributed by atoms with E-state index < -0.39 is 13.0 Å². The fraction of sp³-hybridized carbons (Fsp3) is 0.208. The Bertz CT molecular complexity index is 1420. The normalized spacial score (nSPS) is 13.3. The highest BCUT2D eigenvalue weighted by atomic mass is 16.4. The molecule has 0 spiro atoms. The molecule has 2 aromatic heterocycles. The van der Waals surface area contributed by atoms with E-state index in [4.69, 9.17) is 15.7 Å². The van der Waals surface area contributed by atoms with Crippen molar-refractivity contribution in [3.63, 3.8) is 0 Å². The Kier molecular flexibility index (Phi) is 5.56. The number of nitrogens with one attached hydrogen (secondary N) is 1. The molecule has 10 heteroatoms. The van der Waals surface area contributed by atoms with Crippen molar-refractivity contribution in [2.45, 2.75) is 26.6 Å². The van der Waals surface area contributed by atoms with Crippen LogP contribution in [-0.2, 0) is 19.6 Å². The van der Waals surface area contributed by atoms with Gasteiger partial charge in [0, 0.05) is 41.8 Å². The second-order valence-corrected chi connectivity index (χ2v) is 8.67. The molecular weight excluding hydrogens is 431 g/mol. The third-order valence-corrected chi connectivity index (χ3v) is 6.13. The van der Waals surface area contributed by atoms with Crippen LogP contribution in [0.4, 0.5) is 5.82 Å². The van der Waals surface area contributed by atoms with Gasteiger partial charge in [0.2, 0.25) is 11.9 Å². The number of hydrogen-bond donors (Lipinski definition) is 4. The molecule has 0 radical (unpaired) electrons. The van der Waals surface area contributed by atoms with Crippen LogP contribution in [0, 0.1) is 6.92 Å². The Morgan fingerprint density at radius 1 is 1.15 bits per heavy atom. The molecule has 0 atom stereocenters. The van der Waals surface area contributed by atoms with Gasteiger partial charge in [-0.15, -0.1) is 0 Å². The van der Waals surface area contributed by atoms with Crippen molar-refractivity contribution in [3.8, 4) is 5.95 Å². The van der Waals surface area contributed by atoms with Crippen LogP contribution in [0.3, 0.4) is 0 Å². The molecule has 9 nitrogen and oxygen atoms in total. The van der Waals surface area contributed by atoms with Gasteiger partial charge in [0.25, 0.3) is 0 Å². The number of nitrogens with two attached hydrogens (primary N) is 1. The van der Waals surface area contributed by atoms with E-state index in [0.717, 1.165) is 45.8 Å². The number of fused-ring (bicyclic) bond motifs is 2. The molecule has 34 heavy (non-hydrogen) atoms. The smallest absolute Gasteiger partial charge is 0.423 e. The fourth-order valence-corrected chi connectivity index (χ4v) is 4.53. The van der Waals surface area contributed by atoms with E-state index in [-0.39, 0.29) is 0 Å². The zero-order valence-corrected chi connectivity index (χ0v) is 19.0. The third-order valence-electron chi connectivity index (χ3n) is 6.13. The number of carbonyl (C=O) groups is 1. The summed E-state index contributed by atoms with van der Waals surface area (Å²) in [6.45, 7) is 3.85. The largest absolute Gasteiger partial charge is 0.488 e. The Labute approximate surface area is 197 Å². The summed E-state index contributed by atoms with van der Waals surface area (Å²) in [4.78, 5) is 23.9. The van der Waals surface area contributed by atoms with Gasteiger partial charge in [-0.2, -0.15) is 4.98 Å². The van der Waals surface area contributed by atoms with Crippen molar-refractivity contribution in [2.75, 3.05) is 12.4 Å². The first-order chi connectivity index (χ1) is 16.3. The number of nitrogens with zero attached hydrogens (tertiary/aromatic N) is 4. The quantitative estimate of drug-likeness (QED) is 0.320. The second kappa shape index (κ2) is 8.56. The van der Waals surface area contributed by atoms with Crippen molar-refractivity contribution in [2.24, 2.45) is 5.73 Å². The van der Waals surface area contributed by atoms with Crippen LogP contribution in [0.15, 0.2) is 48.5 Å². The monoisotopic (exact) mass is 456 g/mol. The van der Waals surface area contributed by atoms with Crippen LogP contribution in [0.5, 0.6) is 0 Å². The van der Waals surface area contributed by atoms with E-state index in [0.29, 0.717) is 30.1 Å². The number of primary amides is 1. The van der Waals surface area contributed by atoms with Gasteiger partial charge in [-0.05, 0) is 43.2 Å². The standard InChI is InChI=1S/C24H25BN6O3/c1-14-9-18-17(22(26)32)7-4-8-21(18)31(14)24-28-20-13-30(2)12-19(20)23(29-24)27-11-15-5-3-6-16(10-15)25(33)34/h3-10,33-34H,11-13H2,1-2H3,(H2,26,32)(H,27,28,29). The van der Waals surface area contributed by atoms with Gasteiger partial charge in [-0.1, -0.05) is 30.3 Å². The summed E-state index contributed by atoms with van der Waals surface area (Å²) in [6, 6.07) is 14.5. The van der Waals surface area contributed by atoms with Crippen LogP contribution in [0.2, 0.25) is 0 Å². The van der Waals surface area contributed by atoms with E-state index in [1.54, 1.807) is 30.3 Å². The van der Waals surface area contributed by atoms with Gasteiger partial charge in [0.15, 0.2) is 0 Å². The van der Waals surface area contributed by atoms with E-state index in [2.05, 4.69) is 10.2 Å². The molecule has 0 saturated carbocycles. The van der Waals surface area contributed by atoms with Gasteiger partial charge in [0.05, 0.1) is 11.2 Å². The van der Waals surface area contributed by atoms with Crippen LogP contribution in [0.25, 0.3) is 16.9 Å². The van der Waals surface area contributed by atoms with E-state index in [1.165, 1.54) is 0 Å². The topological polar surface area (TPSA) is 130 Å². The van der Waals surface area contributed by atoms with Crippen molar-refractivity contribution in [3.05, 3.63) is 76.6 Å². The molecule has 3 heterocycles. The highest BCUT2D eigenvalue weighted by molar-refractivity contribution is 6.58. The third kappa shape index (κ3) is 3.92. The first kappa shape index (κ1) is 22.1. The molecule has 4 aromatic rings. The van der Waals surface area contributed by atoms with Crippen molar-refractivity contribution in [1.29, 1.82) is 0 Å². The van der Waals surface area contributed by atoms with Crippen LogP contribution < -0.4 is 16.5 Å². The van der Waals surface area contributed by atoms with Crippen LogP contribution in [-0.4, -0.2) is 49.6 Å². The zero-order chi connectivity index (χ0) is 24.0. The van der Waals surface area contributed by atoms with Gasteiger partial charge in [0.1, 0.15) is 5.82 Å². The molecule has 1 amide bonds. The molecule has 0 bridgehead atoms. The molecule has 0 aliphatic carbocycles. The number of anilines is 1. The first-order valence-corrected chi connectivity index (χ1v) is 11.0. The van der Waals surface area contributed by atoms with Crippen LogP contribution in [0.1, 0.15) is 32.9 Å². The maximum Gasteiger partial charge on any atom is 0.488 e. The lowest BCUT2D eigenvalue weighted by atomic mass is 9.80. The molecular formula is C24H25BN6O3. The number of amides is 1. The first-order valence-electron chi connectivity index (χ1n) is 11.0. The predicted octanol–water partition coefficient (Wildman–Crippen LogP) is 1.07. The summed E-state index contributed by atoms with van der Waals surface area (Å²) in [6.07, 6.45) is 0. The minimum absolute atomic E-state index is 0.437. The molecule has 5 rings (SSSR count). The zero-order valence-electron chi connectivity index (χ0n) is 19.0. The van der Waals surface area contributed by atoms with E-state index in [1.807, 2.05) is 36.7 Å². The number of benzene rings is 2. The summed E-state index contributed by atoms with van der Waals surface area (Å²) in [7, 11) is 0.519. The Morgan fingerprint density at radius 3 is 2.71 bits per heavy atom.